The molecule has 1 atom stereocenters. The van der Waals surface area contributed by atoms with Crippen LogP contribution < -0.4 is 4.72 Å². The zero-order chi connectivity index (χ0) is 12.3. The van der Waals surface area contributed by atoms with Crippen molar-refractivity contribution in [1.29, 1.82) is 0 Å². The maximum Gasteiger partial charge on any atom is 0.212 e. The number of nitrogens with one attached hydrogen (secondary N) is 1. The molecule has 15 heavy (non-hydrogen) atoms. The van der Waals surface area contributed by atoms with Crippen molar-refractivity contribution in [1.82, 2.24) is 4.72 Å². The highest BCUT2D eigenvalue weighted by atomic mass is 127. The third kappa shape index (κ3) is 7.52. The van der Waals surface area contributed by atoms with E-state index in [0.717, 1.165) is 4.43 Å². The zero-order valence-electron chi connectivity index (χ0n) is 10.2. The molecule has 1 unspecified atom stereocenters. The van der Waals surface area contributed by atoms with Gasteiger partial charge in [0.15, 0.2) is 0 Å². The molecule has 0 amide bonds. The van der Waals surface area contributed by atoms with Crippen molar-refractivity contribution < 1.29 is 8.42 Å². The zero-order valence-corrected chi connectivity index (χ0v) is 13.1. The molecule has 1 N–H and O–H groups in total. The SMILES string of the molecule is CC(C)C(CI)NS(=O)(=O)CC(C)(C)C. The van der Waals surface area contributed by atoms with Gasteiger partial charge in [0.25, 0.3) is 0 Å². The van der Waals surface area contributed by atoms with Crippen LogP contribution in [-0.4, -0.2) is 24.6 Å². The van der Waals surface area contributed by atoms with Gasteiger partial charge >= 0.3 is 0 Å². The molecule has 0 bridgehead atoms. The molecule has 92 valence electrons. The van der Waals surface area contributed by atoms with Crippen LogP contribution in [0.3, 0.4) is 0 Å². The topological polar surface area (TPSA) is 46.2 Å². The Balaban J connectivity index is 4.50. The van der Waals surface area contributed by atoms with Crippen LogP contribution in [0, 0.1) is 11.3 Å². The van der Waals surface area contributed by atoms with Crippen LogP contribution in [0.4, 0.5) is 0 Å². The number of alkyl halides is 1. The van der Waals surface area contributed by atoms with Gasteiger partial charge in [0.2, 0.25) is 10.0 Å². The van der Waals surface area contributed by atoms with Gasteiger partial charge in [-0.1, -0.05) is 57.2 Å². The van der Waals surface area contributed by atoms with Crippen molar-refractivity contribution in [3.8, 4) is 0 Å². The molecule has 0 aromatic carbocycles. The molecule has 0 fully saturated rings. The van der Waals surface area contributed by atoms with Crippen molar-refractivity contribution in [3.63, 3.8) is 0 Å². The predicted octanol–water partition coefficient (Wildman–Crippen LogP) is 2.41. The number of halogens is 1. The lowest BCUT2D eigenvalue weighted by Gasteiger charge is -2.23. The summed E-state index contributed by atoms with van der Waals surface area (Å²) in [5.74, 6) is 0.511. The molecule has 5 heteroatoms. The smallest absolute Gasteiger partial charge is 0.212 e. The minimum Gasteiger partial charge on any atom is -0.212 e. The monoisotopic (exact) mass is 347 g/mol. The Morgan fingerprint density at radius 2 is 1.73 bits per heavy atom. The summed E-state index contributed by atoms with van der Waals surface area (Å²) in [7, 11) is -3.15. The predicted molar refractivity (Wildman–Crippen MR) is 73.9 cm³/mol. The number of hydrogen-bond acceptors (Lipinski definition) is 2. The molecule has 0 aliphatic rings. The fraction of sp³-hybridized carbons (Fsp3) is 1.00. The molecule has 0 aromatic rings. The minimum absolute atomic E-state index is 0.0398. The van der Waals surface area contributed by atoms with Crippen LogP contribution in [0.25, 0.3) is 0 Å². The lowest BCUT2D eigenvalue weighted by Crippen LogP contribution is -2.42. The molecule has 0 saturated heterocycles. The second-order valence-electron chi connectivity index (χ2n) is 5.44. The van der Waals surface area contributed by atoms with Crippen LogP contribution in [0.2, 0.25) is 0 Å². The molecule has 0 aromatic heterocycles. The van der Waals surface area contributed by atoms with Gasteiger partial charge in [0, 0.05) is 10.5 Å². The Morgan fingerprint density at radius 3 is 2.00 bits per heavy atom. The van der Waals surface area contributed by atoms with Crippen molar-refractivity contribution in [2.24, 2.45) is 11.3 Å². The van der Waals surface area contributed by atoms with Crippen LogP contribution in [0.15, 0.2) is 0 Å². The maximum atomic E-state index is 11.8. The summed E-state index contributed by atoms with van der Waals surface area (Å²) in [6, 6.07) is 0.0398. The Morgan fingerprint density at radius 1 is 1.27 bits per heavy atom. The quantitative estimate of drug-likeness (QED) is 0.613. The largest absolute Gasteiger partial charge is 0.212 e. The standard InChI is InChI=1S/C10H22INO2S/c1-8(2)9(6-11)12-15(13,14)7-10(3,4)5/h8-9,12H,6-7H2,1-5H3. The first kappa shape index (κ1) is 15.6. The second-order valence-corrected chi connectivity index (χ2v) is 8.08. The van der Waals surface area contributed by atoms with E-state index in [1.165, 1.54) is 0 Å². The highest BCUT2D eigenvalue weighted by Gasteiger charge is 2.25. The van der Waals surface area contributed by atoms with Crippen molar-refractivity contribution in [2.75, 3.05) is 10.2 Å². The third-order valence-electron chi connectivity index (χ3n) is 1.92. The van der Waals surface area contributed by atoms with E-state index in [-0.39, 0.29) is 17.2 Å². The van der Waals surface area contributed by atoms with Gasteiger partial charge in [-0.05, 0) is 11.3 Å². The summed E-state index contributed by atoms with van der Waals surface area (Å²) >= 11 is 2.22. The first-order valence-corrected chi connectivity index (χ1v) is 8.31. The van der Waals surface area contributed by atoms with Gasteiger partial charge in [-0.3, -0.25) is 0 Å². The lowest BCUT2D eigenvalue weighted by atomic mass is 10.0. The average molecular weight is 347 g/mol. The van der Waals surface area contributed by atoms with E-state index < -0.39 is 10.0 Å². The molecule has 3 nitrogen and oxygen atoms in total. The molecular weight excluding hydrogens is 325 g/mol. The second kappa shape index (κ2) is 5.82. The third-order valence-corrected chi connectivity index (χ3v) is 4.78. The van der Waals surface area contributed by atoms with Crippen LogP contribution >= 0.6 is 22.6 Å². The van der Waals surface area contributed by atoms with Gasteiger partial charge in [-0.15, -0.1) is 0 Å². The van der Waals surface area contributed by atoms with Gasteiger partial charge in [-0.25, -0.2) is 13.1 Å². The number of hydrogen-bond donors (Lipinski definition) is 1. The van der Waals surface area contributed by atoms with E-state index in [0.29, 0.717) is 5.92 Å². The summed E-state index contributed by atoms with van der Waals surface area (Å²) in [6.07, 6.45) is 0. The summed E-state index contributed by atoms with van der Waals surface area (Å²) in [6.45, 7) is 9.86. The van der Waals surface area contributed by atoms with Crippen molar-refractivity contribution >= 4 is 32.6 Å². The van der Waals surface area contributed by atoms with Crippen LogP contribution in [0.1, 0.15) is 34.6 Å². The van der Waals surface area contributed by atoms with E-state index >= 15 is 0 Å². The Bertz CT molecular complexity index is 280. The molecule has 0 aliphatic heterocycles. The highest BCUT2D eigenvalue weighted by Crippen LogP contribution is 2.16. The Labute approximate surface area is 108 Å². The first-order valence-electron chi connectivity index (χ1n) is 5.13. The normalized spacial score (nSPS) is 15.7. The molecule has 0 heterocycles. The summed E-state index contributed by atoms with van der Waals surface area (Å²) < 4.78 is 27.2. The van der Waals surface area contributed by atoms with Crippen LogP contribution in [0.5, 0.6) is 0 Å². The van der Waals surface area contributed by atoms with E-state index in [2.05, 4.69) is 27.3 Å². The molecule has 0 aliphatic carbocycles. The average Bonchev–Trinajstić information content (AvgIpc) is 1.94. The van der Waals surface area contributed by atoms with Gasteiger partial charge in [-0.2, -0.15) is 0 Å². The number of sulfonamides is 1. The van der Waals surface area contributed by atoms with Crippen molar-refractivity contribution in [3.05, 3.63) is 0 Å². The molecule has 0 saturated carbocycles. The lowest BCUT2D eigenvalue weighted by molar-refractivity contribution is 0.443. The minimum atomic E-state index is -3.15. The fourth-order valence-corrected chi connectivity index (χ4v) is 4.76. The molecule has 0 radical (unpaired) electrons. The van der Waals surface area contributed by atoms with Gasteiger partial charge in [0.1, 0.15) is 0 Å². The first-order chi connectivity index (χ1) is 6.57. The van der Waals surface area contributed by atoms with Crippen molar-refractivity contribution in [2.45, 2.75) is 40.7 Å². The molecule has 0 rings (SSSR count). The van der Waals surface area contributed by atoms with Gasteiger partial charge < -0.3 is 0 Å². The summed E-state index contributed by atoms with van der Waals surface area (Å²) in [5.41, 5.74) is -0.196. The molecule has 0 spiro atoms. The fourth-order valence-electron chi connectivity index (χ4n) is 1.19. The van der Waals surface area contributed by atoms with E-state index in [4.69, 9.17) is 0 Å². The Kier molecular flexibility index (Phi) is 6.06. The number of rotatable bonds is 5. The van der Waals surface area contributed by atoms with Gasteiger partial charge in [0.05, 0.1) is 5.75 Å². The Hall–Kier alpha value is 0.640. The van der Waals surface area contributed by atoms with E-state index in [1.54, 1.807) is 0 Å². The van der Waals surface area contributed by atoms with E-state index in [9.17, 15) is 8.42 Å². The molecular formula is C10H22INO2S. The van der Waals surface area contributed by atoms with E-state index in [1.807, 2.05) is 34.6 Å². The summed E-state index contributed by atoms with van der Waals surface area (Å²) in [5, 5.41) is 0. The maximum absolute atomic E-state index is 11.8. The summed E-state index contributed by atoms with van der Waals surface area (Å²) in [4.78, 5) is 0. The highest BCUT2D eigenvalue weighted by molar-refractivity contribution is 14.1. The van der Waals surface area contributed by atoms with Crippen LogP contribution in [-0.2, 0) is 10.0 Å².